The van der Waals surface area contributed by atoms with Crippen molar-refractivity contribution in [2.75, 3.05) is 0 Å². The van der Waals surface area contributed by atoms with Gasteiger partial charge in [-0.25, -0.2) is 44.9 Å². The molecule has 26 rings (SSSR count). The lowest BCUT2D eigenvalue weighted by Gasteiger charge is -2.11. The summed E-state index contributed by atoms with van der Waals surface area (Å²) < 4.78 is 0. The van der Waals surface area contributed by atoms with Gasteiger partial charge in [0.2, 0.25) is 0 Å². The molecule has 0 amide bonds. The molecule has 0 spiro atoms. The first-order valence-corrected chi connectivity index (χ1v) is 45.8. The molecule has 0 bridgehead atoms. The average Bonchev–Trinajstić information content (AvgIpc) is 0.758. The molecule has 634 valence electrons. The molecule has 0 aliphatic carbocycles. The summed E-state index contributed by atoms with van der Waals surface area (Å²) in [6, 6.07) is 172. The van der Waals surface area contributed by atoms with Crippen LogP contribution < -0.4 is 0 Å². The number of rotatable bonds is 13. The number of benzene rings is 23. The average molecular weight is 1730 g/mol. The molecular weight excluding hydrogens is 1650 g/mol. The number of hydrogen-bond acceptors (Lipinski definition) is 9. The zero-order valence-electron chi connectivity index (χ0n) is 73.8. The van der Waals surface area contributed by atoms with Gasteiger partial charge >= 0.3 is 0 Å². The molecule has 9 nitrogen and oxygen atoms in total. The highest BCUT2D eigenvalue weighted by Gasteiger charge is 2.21. The van der Waals surface area contributed by atoms with Crippen LogP contribution in [0, 0.1) is 0 Å². The first-order valence-electron chi connectivity index (χ1n) is 45.8. The van der Waals surface area contributed by atoms with Gasteiger partial charge in [0.15, 0.2) is 52.4 Å². The summed E-state index contributed by atoms with van der Waals surface area (Å²) in [7, 11) is 0. The van der Waals surface area contributed by atoms with Crippen LogP contribution in [-0.2, 0) is 0 Å². The molecule has 23 aromatic carbocycles. The summed E-state index contributed by atoms with van der Waals surface area (Å²) in [6.45, 7) is 0. The van der Waals surface area contributed by atoms with Crippen LogP contribution >= 0.6 is 0 Å². The van der Waals surface area contributed by atoms with E-state index in [9.17, 15) is 0 Å². The highest BCUT2D eigenvalue weighted by Crippen LogP contribution is 2.41. The Balaban J connectivity index is 0.000000112. The lowest BCUT2D eigenvalue weighted by molar-refractivity contribution is 1.07. The Labute approximate surface area is 785 Å². The molecule has 136 heavy (non-hydrogen) atoms. The maximum Gasteiger partial charge on any atom is 0.164 e. The van der Waals surface area contributed by atoms with E-state index in [-0.39, 0.29) is 0 Å². The van der Waals surface area contributed by atoms with Gasteiger partial charge in [-0.15, -0.1) is 0 Å². The van der Waals surface area contributed by atoms with E-state index in [4.69, 9.17) is 44.9 Å². The topological polar surface area (TPSA) is 116 Å². The fraction of sp³-hybridized carbons (Fsp3) is 0. The zero-order chi connectivity index (χ0) is 90.2. The minimum atomic E-state index is 0.645. The van der Waals surface area contributed by atoms with Crippen LogP contribution in [0.1, 0.15) is 0 Å². The molecule has 0 fully saturated rings. The number of hydrogen-bond donors (Lipinski definition) is 0. The third-order valence-corrected chi connectivity index (χ3v) is 25.9. The van der Waals surface area contributed by atoms with Gasteiger partial charge in [-0.2, -0.15) is 0 Å². The normalized spacial score (nSPS) is 11.4. The summed E-state index contributed by atoms with van der Waals surface area (Å²) in [5, 5.41) is 24.7. The molecule has 0 saturated heterocycles. The van der Waals surface area contributed by atoms with Crippen LogP contribution in [0.5, 0.6) is 0 Å². The lowest BCUT2D eigenvalue weighted by Crippen LogP contribution is -2.00. The van der Waals surface area contributed by atoms with Gasteiger partial charge < -0.3 is 0 Å². The van der Waals surface area contributed by atoms with Gasteiger partial charge in [-0.05, 0) is 189 Å². The van der Waals surface area contributed by atoms with Crippen molar-refractivity contribution in [3.05, 3.63) is 491 Å². The van der Waals surface area contributed by atoms with Crippen LogP contribution in [0.2, 0.25) is 0 Å². The summed E-state index contributed by atoms with van der Waals surface area (Å²) in [6.07, 6.45) is 0. The second-order valence-electron chi connectivity index (χ2n) is 34.3. The Hall–Kier alpha value is -18.3. The smallest absolute Gasteiger partial charge is 0.164 e. The van der Waals surface area contributed by atoms with Crippen LogP contribution in [0.25, 0.3) is 255 Å². The maximum atomic E-state index is 5.08. The van der Waals surface area contributed by atoms with E-state index in [1.807, 2.05) is 103 Å². The Bertz CT molecular complexity index is 9080. The molecule has 9 heteroatoms. The molecule has 0 aliphatic rings. The highest BCUT2D eigenvalue weighted by molar-refractivity contribution is 6.20. The number of fused-ring (bicyclic) bond motifs is 16. The molecule has 0 aliphatic heterocycles. The van der Waals surface area contributed by atoms with Gasteiger partial charge in [0.05, 0.1) is 0 Å². The van der Waals surface area contributed by atoms with Crippen molar-refractivity contribution < 1.29 is 0 Å². The van der Waals surface area contributed by atoms with E-state index in [1.165, 1.54) is 108 Å². The zero-order valence-corrected chi connectivity index (χ0v) is 73.8. The molecule has 0 atom stereocenters. The van der Waals surface area contributed by atoms with Crippen molar-refractivity contribution in [2.24, 2.45) is 0 Å². The number of nitrogens with zero attached hydrogens (tertiary/aromatic N) is 9. The monoisotopic (exact) mass is 1730 g/mol. The minimum absolute atomic E-state index is 0.645. The second kappa shape index (κ2) is 35.5. The minimum Gasteiger partial charge on any atom is -0.208 e. The van der Waals surface area contributed by atoms with E-state index in [1.54, 1.807) is 0 Å². The summed E-state index contributed by atoms with van der Waals surface area (Å²) in [5.41, 5.74) is 17.9. The molecule has 3 heterocycles. The largest absolute Gasteiger partial charge is 0.208 e. The molecule has 26 aromatic rings. The first kappa shape index (κ1) is 81.0. The maximum absolute atomic E-state index is 5.08. The van der Waals surface area contributed by atoms with Gasteiger partial charge in [0.1, 0.15) is 0 Å². The van der Waals surface area contributed by atoms with Crippen molar-refractivity contribution in [2.45, 2.75) is 0 Å². The van der Waals surface area contributed by atoms with E-state index in [0.29, 0.717) is 52.4 Å². The molecule has 0 N–H and O–H groups in total. The third-order valence-electron chi connectivity index (χ3n) is 25.9. The molecular formula is C127H81N9. The van der Waals surface area contributed by atoms with Crippen molar-refractivity contribution in [1.29, 1.82) is 0 Å². The van der Waals surface area contributed by atoms with Crippen LogP contribution in [0.15, 0.2) is 491 Å². The standard InChI is InChI=1S/C45H29N3.C43H27N3.C39H25N3/c1-3-10-30(11-4-1)31-18-20-32(21-19-31)35-15-9-16-37(28-35)44-46-43(34-13-5-2-6-14-34)47-45(48-44)38-24-25-40-36(29-38)23-27-41-39-17-8-7-12-33(39)22-26-42(40)41;1-2-10-31(11-3-1)41-44-42(32-17-14-29(15-18-32)34-19-16-28-8-4-5-12-33(28)26-34)46-43(45-41)36-22-23-38-35(27-36)21-25-39-37-13-7-6-9-30(37)20-24-40(38)39;1-3-10-26(11-4-1)29-15-9-16-31(24-29)38-40-37(28-13-5-2-6-14-28)41-39(42-38)32-20-21-34-30(25-32)19-23-35-33-17-8-7-12-27(33)18-22-36(34)35/h1-29H;1-27H;1-25H. The van der Waals surface area contributed by atoms with Crippen molar-refractivity contribution >= 4 is 108 Å². The van der Waals surface area contributed by atoms with Gasteiger partial charge in [-0.1, -0.05) is 455 Å². The molecule has 0 saturated carbocycles. The Kier molecular flexibility index (Phi) is 21.1. The van der Waals surface area contributed by atoms with Crippen LogP contribution in [0.4, 0.5) is 0 Å². The first-order chi connectivity index (χ1) is 67.3. The highest BCUT2D eigenvalue weighted by atomic mass is 15.1. The van der Waals surface area contributed by atoms with Crippen molar-refractivity contribution in [1.82, 2.24) is 44.9 Å². The fourth-order valence-corrected chi connectivity index (χ4v) is 18.9. The number of aromatic nitrogens is 9. The van der Waals surface area contributed by atoms with Gasteiger partial charge in [0.25, 0.3) is 0 Å². The Morgan fingerprint density at radius 2 is 0.250 bits per heavy atom. The van der Waals surface area contributed by atoms with Gasteiger partial charge in [0, 0.05) is 50.1 Å². The Morgan fingerprint density at radius 1 is 0.0809 bits per heavy atom. The summed E-state index contributed by atoms with van der Waals surface area (Å²) >= 11 is 0. The second-order valence-corrected chi connectivity index (χ2v) is 34.3. The van der Waals surface area contributed by atoms with E-state index >= 15 is 0 Å². The Morgan fingerprint density at radius 3 is 0.581 bits per heavy atom. The van der Waals surface area contributed by atoms with Gasteiger partial charge in [-0.3, -0.25) is 0 Å². The summed E-state index contributed by atoms with van der Waals surface area (Å²) in [4.78, 5) is 45.0. The molecule has 0 unspecified atom stereocenters. The quantitative estimate of drug-likeness (QED) is 0.104. The molecule has 3 aromatic heterocycles. The fourth-order valence-electron chi connectivity index (χ4n) is 18.9. The van der Waals surface area contributed by atoms with E-state index in [2.05, 4.69) is 388 Å². The molecule has 0 radical (unpaired) electrons. The lowest BCUT2D eigenvalue weighted by atomic mass is 9.96. The van der Waals surface area contributed by atoms with Crippen molar-refractivity contribution in [3.8, 4) is 147 Å². The third kappa shape index (κ3) is 16.1. The summed E-state index contributed by atoms with van der Waals surface area (Å²) in [5.74, 6) is 5.88. The SMILES string of the molecule is c1ccc(-c2ccc(-c3cccc(-c4nc(-c5ccccc5)nc(-c5ccc6c(ccc7c8ccccc8ccc67)c5)n4)c3)cc2)cc1.c1ccc(-c2cccc(-c3nc(-c4ccccc4)nc(-c4ccc5c(ccc6c7ccccc7ccc56)c4)n3)c2)cc1.c1ccc(-c2nc(-c3ccc(-c4ccc5ccccc5c4)cc3)nc(-c3ccc4c(ccc5c6ccccc6ccc45)c3)n2)cc1. The predicted molar refractivity (Wildman–Crippen MR) is 565 cm³/mol. The van der Waals surface area contributed by atoms with Crippen molar-refractivity contribution in [3.63, 3.8) is 0 Å². The van der Waals surface area contributed by atoms with Crippen LogP contribution in [-0.4, -0.2) is 44.9 Å². The van der Waals surface area contributed by atoms with E-state index < -0.39 is 0 Å². The van der Waals surface area contributed by atoms with E-state index in [0.717, 1.165) is 94.0 Å². The van der Waals surface area contributed by atoms with Crippen LogP contribution in [0.3, 0.4) is 0 Å². The predicted octanol–water partition coefficient (Wildman–Crippen LogP) is 32.8.